The minimum atomic E-state index is -4.94. The van der Waals surface area contributed by atoms with Gasteiger partial charge in [-0.2, -0.15) is 13.2 Å². The van der Waals surface area contributed by atoms with Gasteiger partial charge in [0.25, 0.3) is 0 Å². The molecule has 0 unspecified atom stereocenters. The van der Waals surface area contributed by atoms with Gasteiger partial charge in [0.15, 0.2) is 5.58 Å². The standard InChI is InChI=1S/C17H13F3N2O2/c1-2-10-6-7-14-13(8-10)22-15(24-14)11-4-3-5-12(9-11)21-16(23)17(18,19)20/h3-9H,2H2,1H3,(H,21,23). The summed E-state index contributed by atoms with van der Waals surface area (Å²) in [6.07, 6.45) is -4.08. The van der Waals surface area contributed by atoms with Gasteiger partial charge in [-0.05, 0) is 42.3 Å². The van der Waals surface area contributed by atoms with Crippen molar-refractivity contribution < 1.29 is 22.4 Å². The van der Waals surface area contributed by atoms with Crippen LogP contribution in [0.3, 0.4) is 0 Å². The number of benzene rings is 2. The van der Waals surface area contributed by atoms with E-state index in [1.54, 1.807) is 12.1 Å². The van der Waals surface area contributed by atoms with Crippen LogP contribution in [0.4, 0.5) is 18.9 Å². The predicted octanol–water partition coefficient (Wildman–Crippen LogP) is 4.56. The van der Waals surface area contributed by atoms with Gasteiger partial charge in [-0.15, -0.1) is 0 Å². The van der Waals surface area contributed by atoms with Gasteiger partial charge >= 0.3 is 12.1 Å². The average molecular weight is 334 g/mol. The number of hydrogen-bond donors (Lipinski definition) is 1. The quantitative estimate of drug-likeness (QED) is 0.764. The van der Waals surface area contributed by atoms with Crippen LogP contribution >= 0.6 is 0 Å². The van der Waals surface area contributed by atoms with Crippen molar-refractivity contribution in [3.63, 3.8) is 0 Å². The molecule has 3 rings (SSSR count). The largest absolute Gasteiger partial charge is 0.471 e. The molecular formula is C17H13F3N2O2. The first-order valence-electron chi connectivity index (χ1n) is 7.25. The molecule has 1 heterocycles. The molecule has 0 spiro atoms. The van der Waals surface area contributed by atoms with Crippen LogP contribution in [0.5, 0.6) is 0 Å². The molecule has 1 aromatic heterocycles. The summed E-state index contributed by atoms with van der Waals surface area (Å²) in [5.74, 6) is -1.74. The number of hydrogen-bond acceptors (Lipinski definition) is 3. The summed E-state index contributed by atoms with van der Waals surface area (Å²) in [5, 5.41) is 1.81. The summed E-state index contributed by atoms with van der Waals surface area (Å²) in [5.41, 5.74) is 2.87. The number of fused-ring (bicyclic) bond motifs is 1. The zero-order chi connectivity index (χ0) is 17.3. The van der Waals surface area contributed by atoms with E-state index in [1.807, 2.05) is 24.4 Å². The topological polar surface area (TPSA) is 55.1 Å². The number of amides is 1. The number of rotatable bonds is 3. The molecule has 0 saturated heterocycles. The third-order valence-corrected chi connectivity index (χ3v) is 3.49. The zero-order valence-electron chi connectivity index (χ0n) is 12.6. The Kier molecular flexibility index (Phi) is 4.01. The van der Waals surface area contributed by atoms with Crippen molar-refractivity contribution in [3.05, 3.63) is 48.0 Å². The van der Waals surface area contributed by atoms with Gasteiger partial charge in [-0.1, -0.05) is 19.1 Å². The molecule has 4 nitrogen and oxygen atoms in total. The zero-order valence-corrected chi connectivity index (χ0v) is 12.6. The average Bonchev–Trinajstić information content (AvgIpc) is 2.97. The van der Waals surface area contributed by atoms with Crippen molar-refractivity contribution in [2.24, 2.45) is 0 Å². The lowest BCUT2D eigenvalue weighted by Crippen LogP contribution is -2.29. The van der Waals surface area contributed by atoms with Crippen LogP contribution in [0, 0.1) is 0 Å². The monoisotopic (exact) mass is 334 g/mol. The molecule has 1 amide bonds. The van der Waals surface area contributed by atoms with Crippen molar-refractivity contribution in [1.82, 2.24) is 4.98 Å². The highest BCUT2D eigenvalue weighted by Crippen LogP contribution is 2.27. The van der Waals surface area contributed by atoms with Gasteiger partial charge < -0.3 is 9.73 Å². The molecule has 24 heavy (non-hydrogen) atoms. The van der Waals surface area contributed by atoms with Gasteiger partial charge in [-0.25, -0.2) is 4.98 Å². The number of nitrogens with zero attached hydrogens (tertiary/aromatic N) is 1. The summed E-state index contributed by atoms with van der Waals surface area (Å²) in [6.45, 7) is 2.02. The van der Waals surface area contributed by atoms with E-state index in [0.29, 0.717) is 16.7 Å². The van der Waals surface area contributed by atoms with Gasteiger partial charge in [-0.3, -0.25) is 4.79 Å². The number of nitrogens with one attached hydrogen (secondary N) is 1. The molecule has 0 radical (unpaired) electrons. The number of carbonyl (C=O) groups is 1. The molecule has 3 aromatic rings. The number of oxazole rings is 1. The number of carbonyl (C=O) groups excluding carboxylic acids is 1. The Labute approximate surface area is 135 Å². The Morgan fingerprint density at radius 3 is 2.71 bits per heavy atom. The Hall–Kier alpha value is -2.83. The lowest BCUT2D eigenvalue weighted by atomic mass is 10.1. The maximum absolute atomic E-state index is 12.3. The van der Waals surface area contributed by atoms with E-state index >= 15 is 0 Å². The molecule has 0 bridgehead atoms. The highest BCUT2D eigenvalue weighted by atomic mass is 19.4. The number of aromatic nitrogens is 1. The Morgan fingerprint density at radius 2 is 2.00 bits per heavy atom. The van der Waals surface area contributed by atoms with Gasteiger partial charge in [0.2, 0.25) is 5.89 Å². The SMILES string of the molecule is CCc1ccc2oc(-c3cccc(NC(=O)C(F)(F)F)c3)nc2c1. The van der Waals surface area contributed by atoms with E-state index in [9.17, 15) is 18.0 Å². The van der Waals surface area contributed by atoms with E-state index < -0.39 is 12.1 Å². The fourth-order valence-electron chi connectivity index (χ4n) is 2.25. The van der Waals surface area contributed by atoms with Crippen LogP contribution in [0.25, 0.3) is 22.6 Å². The van der Waals surface area contributed by atoms with Crippen LogP contribution in [0.2, 0.25) is 0 Å². The summed E-state index contributed by atoms with van der Waals surface area (Å²) >= 11 is 0. The maximum Gasteiger partial charge on any atom is 0.471 e. The first kappa shape index (κ1) is 16.0. The first-order chi connectivity index (χ1) is 11.4. The Balaban J connectivity index is 1.92. The van der Waals surface area contributed by atoms with Crippen molar-refractivity contribution in [3.8, 4) is 11.5 Å². The van der Waals surface area contributed by atoms with Crippen molar-refractivity contribution in [2.75, 3.05) is 5.32 Å². The molecule has 0 saturated carbocycles. The Bertz CT molecular complexity index is 900. The molecule has 0 atom stereocenters. The number of anilines is 1. The third kappa shape index (κ3) is 3.24. The summed E-state index contributed by atoms with van der Waals surface area (Å²) < 4.78 is 42.6. The minimum Gasteiger partial charge on any atom is -0.436 e. The fraction of sp³-hybridized carbons (Fsp3) is 0.176. The van der Waals surface area contributed by atoms with E-state index in [4.69, 9.17) is 4.42 Å². The number of alkyl halides is 3. The number of aryl methyl sites for hydroxylation is 1. The van der Waals surface area contributed by atoms with E-state index in [2.05, 4.69) is 4.98 Å². The van der Waals surface area contributed by atoms with Crippen molar-refractivity contribution in [1.29, 1.82) is 0 Å². The highest BCUT2D eigenvalue weighted by molar-refractivity contribution is 5.95. The third-order valence-electron chi connectivity index (χ3n) is 3.49. The molecule has 0 aliphatic carbocycles. The molecule has 2 aromatic carbocycles. The summed E-state index contributed by atoms with van der Waals surface area (Å²) in [4.78, 5) is 15.4. The first-order valence-corrected chi connectivity index (χ1v) is 7.25. The van der Waals surface area contributed by atoms with Gasteiger partial charge in [0, 0.05) is 11.3 Å². The molecule has 7 heteroatoms. The normalized spacial score (nSPS) is 11.7. The van der Waals surface area contributed by atoms with Crippen LogP contribution < -0.4 is 5.32 Å². The second kappa shape index (κ2) is 5.99. The van der Waals surface area contributed by atoms with Crippen molar-refractivity contribution >= 4 is 22.7 Å². The lowest BCUT2D eigenvalue weighted by Gasteiger charge is -2.08. The molecule has 124 valence electrons. The van der Waals surface area contributed by atoms with Crippen LogP contribution in [0.15, 0.2) is 46.9 Å². The van der Waals surface area contributed by atoms with Crippen LogP contribution in [-0.4, -0.2) is 17.1 Å². The molecule has 0 aliphatic rings. The number of halogens is 3. The molecule has 0 fully saturated rings. The highest BCUT2D eigenvalue weighted by Gasteiger charge is 2.38. The van der Waals surface area contributed by atoms with Gasteiger partial charge in [0.1, 0.15) is 5.52 Å². The minimum absolute atomic E-state index is 0.0197. The molecular weight excluding hydrogens is 321 g/mol. The maximum atomic E-state index is 12.3. The van der Waals surface area contributed by atoms with E-state index in [-0.39, 0.29) is 11.6 Å². The van der Waals surface area contributed by atoms with E-state index in [0.717, 1.165) is 12.0 Å². The van der Waals surface area contributed by atoms with Gasteiger partial charge in [0.05, 0.1) is 0 Å². The fourth-order valence-corrected chi connectivity index (χ4v) is 2.25. The lowest BCUT2D eigenvalue weighted by molar-refractivity contribution is -0.167. The summed E-state index contributed by atoms with van der Waals surface area (Å²) in [6, 6.07) is 11.6. The Morgan fingerprint density at radius 1 is 1.21 bits per heavy atom. The van der Waals surface area contributed by atoms with Crippen LogP contribution in [-0.2, 0) is 11.2 Å². The second-order valence-corrected chi connectivity index (χ2v) is 5.21. The smallest absolute Gasteiger partial charge is 0.436 e. The van der Waals surface area contributed by atoms with E-state index in [1.165, 1.54) is 18.2 Å². The molecule has 0 aliphatic heterocycles. The predicted molar refractivity (Wildman–Crippen MR) is 83.5 cm³/mol. The van der Waals surface area contributed by atoms with Crippen molar-refractivity contribution in [2.45, 2.75) is 19.5 Å². The second-order valence-electron chi connectivity index (χ2n) is 5.21. The van der Waals surface area contributed by atoms with Crippen LogP contribution in [0.1, 0.15) is 12.5 Å². The summed E-state index contributed by atoms with van der Waals surface area (Å²) in [7, 11) is 0. The molecule has 1 N–H and O–H groups in total.